The number of carbonyl (C=O) groups excluding carboxylic acids is 1. The van der Waals surface area contributed by atoms with E-state index in [9.17, 15) is 9.59 Å². The fourth-order valence-corrected chi connectivity index (χ4v) is 2.33. The van der Waals surface area contributed by atoms with E-state index in [1.807, 2.05) is 0 Å². The first-order chi connectivity index (χ1) is 11.5. The summed E-state index contributed by atoms with van der Waals surface area (Å²) < 4.78 is 5.64. The number of aromatic nitrogens is 2. The average molecular weight is 395 g/mol. The van der Waals surface area contributed by atoms with Crippen LogP contribution in [0.5, 0.6) is 5.75 Å². The highest BCUT2D eigenvalue weighted by molar-refractivity contribution is 9.09. The van der Waals surface area contributed by atoms with Crippen LogP contribution in [0.3, 0.4) is 0 Å². The molecule has 0 radical (unpaired) electrons. The number of nitrogen functional groups attached to an aromatic ring is 1. The number of rotatable bonds is 7. The van der Waals surface area contributed by atoms with Crippen LogP contribution < -0.4 is 21.3 Å². The van der Waals surface area contributed by atoms with Gasteiger partial charge < -0.3 is 15.8 Å². The highest BCUT2D eigenvalue weighted by Gasteiger charge is 2.07. The van der Waals surface area contributed by atoms with Crippen LogP contribution >= 0.6 is 15.9 Å². The molecule has 0 saturated heterocycles. The van der Waals surface area contributed by atoms with E-state index in [2.05, 4.69) is 31.2 Å². The van der Waals surface area contributed by atoms with Crippen molar-refractivity contribution in [2.75, 3.05) is 23.0 Å². The minimum atomic E-state index is -0.202. The molecular weight excluding hydrogens is 376 g/mol. The van der Waals surface area contributed by atoms with Crippen molar-refractivity contribution < 1.29 is 9.53 Å². The molecule has 2 aromatic rings. The summed E-state index contributed by atoms with van der Waals surface area (Å²) in [4.78, 5) is 29.6. The van der Waals surface area contributed by atoms with Crippen LogP contribution in [0, 0.1) is 6.92 Å². The van der Waals surface area contributed by atoms with Crippen LogP contribution in [0.2, 0.25) is 0 Å². The molecule has 1 aromatic heterocycles. The van der Waals surface area contributed by atoms with Crippen LogP contribution in [-0.4, -0.2) is 27.8 Å². The standard InChI is InChI=1S/C16H19BrN4O3/c1-10-13(15(23)21-16(18)19-10)3-2-8-24-12-6-4-11(5-7-12)20-14(22)9-17/h4-7H,2-3,8-9H2,1H3,(H,20,22)(H3,18,19,21,23). The van der Waals surface area contributed by atoms with Crippen LogP contribution in [-0.2, 0) is 11.2 Å². The van der Waals surface area contributed by atoms with E-state index in [0.717, 1.165) is 0 Å². The summed E-state index contributed by atoms with van der Waals surface area (Å²) in [5.74, 6) is 0.721. The van der Waals surface area contributed by atoms with Crippen molar-refractivity contribution in [1.29, 1.82) is 0 Å². The number of hydrogen-bond acceptors (Lipinski definition) is 5. The number of aromatic amines is 1. The molecule has 0 spiro atoms. The third-order valence-corrected chi connectivity index (χ3v) is 3.85. The highest BCUT2D eigenvalue weighted by atomic mass is 79.9. The topological polar surface area (TPSA) is 110 Å². The van der Waals surface area contributed by atoms with Crippen LogP contribution in [0.15, 0.2) is 29.1 Å². The first kappa shape index (κ1) is 18.0. The van der Waals surface area contributed by atoms with Crippen molar-refractivity contribution >= 4 is 33.5 Å². The minimum absolute atomic E-state index is 0.110. The molecule has 2 rings (SSSR count). The second-order valence-corrected chi connectivity index (χ2v) is 5.73. The third-order valence-electron chi connectivity index (χ3n) is 3.34. The molecule has 24 heavy (non-hydrogen) atoms. The number of nitrogens with two attached hydrogens (primary N) is 1. The molecule has 0 aliphatic carbocycles. The lowest BCUT2D eigenvalue weighted by Crippen LogP contribution is -2.19. The van der Waals surface area contributed by atoms with Crippen molar-refractivity contribution in [3.05, 3.63) is 45.9 Å². The van der Waals surface area contributed by atoms with Gasteiger partial charge in [0.2, 0.25) is 11.9 Å². The molecule has 7 nitrogen and oxygen atoms in total. The molecule has 0 bridgehead atoms. The second kappa shape index (κ2) is 8.49. The lowest BCUT2D eigenvalue weighted by molar-refractivity contribution is -0.113. The van der Waals surface area contributed by atoms with Crippen LogP contribution in [0.1, 0.15) is 17.7 Å². The molecule has 0 atom stereocenters. The summed E-state index contributed by atoms with van der Waals surface area (Å²) >= 11 is 3.09. The molecular formula is C16H19BrN4O3. The largest absolute Gasteiger partial charge is 0.494 e. The van der Waals surface area contributed by atoms with E-state index in [1.165, 1.54) is 0 Å². The van der Waals surface area contributed by atoms with Gasteiger partial charge in [-0.3, -0.25) is 14.6 Å². The Balaban J connectivity index is 1.82. The molecule has 0 unspecified atom stereocenters. The van der Waals surface area contributed by atoms with Gasteiger partial charge in [0.05, 0.1) is 11.9 Å². The number of ether oxygens (including phenoxy) is 1. The van der Waals surface area contributed by atoms with Crippen LogP contribution in [0.4, 0.5) is 11.6 Å². The summed E-state index contributed by atoms with van der Waals surface area (Å²) in [6, 6.07) is 7.11. The van der Waals surface area contributed by atoms with E-state index in [4.69, 9.17) is 10.5 Å². The molecule has 8 heteroatoms. The Kier molecular flexibility index (Phi) is 6.36. The molecule has 0 aliphatic heterocycles. The van der Waals surface area contributed by atoms with Gasteiger partial charge in [0.1, 0.15) is 5.75 Å². The SMILES string of the molecule is Cc1nc(N)[nH]c(=O)c1CCCOc1ccc(NC(=O)CBr)cc1. The number of H-pyrrole nitrogens is 1. The van der Waals surface area contributed by atoms with Gasteiger partial charge in [-0.1, -0.05) is 15.9 Å². The average Bonchev–Trinajstić information content (AvgIpc) is 2.54. The zero-order valence-electron chi connectivity index (χ0n) is 13.3. The maximum absolute atomic E-state index is 11.8. The zero-order valence-corrected chi connectivity index (χ0v) is 14.9. The number of carbonyl (C=O) groups is 1. The Morgan fingerprint density at radius 2 is 2.08 bits per heavy atom. The predicted octanol–water partition coefficient (Wildman–Crippen LogP) is 2.01. The van der Waals surface area contributed by atoms with Gasteiger partial charge in [-0.25, -0.2) is 4.98 Å². The van der Waals surface area contributed by atoms with Gasteiger partial charge in [0.15, 0.2) is 0 Å². The number of hydrogen-bond donors (Lipinski definition) is 3. The molecule has 4 N–H and O–H groups in total. The fourth-order valence-electron chi connectivity index (χ4n) is 2.19. The van der Waals surface area contributed by atoms with Crippen molar-refractivity contribution in [2.45, 2.75) is 19.8 Å². The van der Waals surface area contributed by atoms with Crippen molar-refractivity contribution in [3.8, 4) is 5.75 Å². The molecule has 0 fully saturated rings. The smallest absolute Gasteiger partial charge is 0.255 e. The number of aryl methyl sites for hydroxylation is 1. The Morgan fingerprint density at radius 3 is 2.71 bits per heavy atom. The van der Waals surface area contributed by atoms with Crippen molar-refractivity contribution in [2.24, 2.45) is 0 Å². The third kappa shape index (κ3) is 5.09. The Morgan fingerprint density at radius 1 is 1.38 bits per heavy atom. The maximum atomic E-state index is 11.8. The molecule has 0 aliphatic rings. The molecule has 128 valence electrons. The van der Waals surface area contributed by atoms with Crippen molar-refractivity contribution in [1.82, 2.24) is 9.97 Å². The van der Waals surface area contributed by atoms with E-state index in [0.29, 0.717) is 42.1 Å². The number of nitrogens with zero attached hydrogens (tertiary/aromatic N) is 1. The van der Waals surface area contributed by atoms with Gasteiger partial charge in [-0.05, 0) is 44.0 Å². The summed E-state index contributed by atoms with van der Waals surface area (Å²) in [6.07, 6.45) is 1.24. The summed E-state index contributed by atoms with van der Waals surface area (Å²) in [6.45, 7) is 2.23. The highest BCUT2D eigenvalue weighted by Crippen LogP contribution is 2.16. The summed E-state index contributed by atoms with van der Waals surface area (Å²) in [7, 11) is 0. The number of alkyl halides is 1. The summed E-state index contributed by atoms with van der Waals surface area (Å²) in [5, 5.41) is 2.98. The maximum Gasteiger partial charge on any atom is 0.255 e. The Labute approximate surface area is 147 Å². The zero-order chi connectivity index (χ0) is 17.5. The lowest BCUT2D eigenvalue weighted by atomic mass is 10.1. The van der Waals surface area contributed by atoms with Crippen molar-refractivity contribution in [3.63, 3.8) is 0 Å². The van der Waals surface area contributed by atoms with E-state index >= 15 is 0 Å². The minimum Gasteiger partial charge on any atom is -0.494 e. The first-order valence-electron chi connectivity index (χ1n) is 7.43. The second-order valence-electron chi connectivity index (χ2n) is 5.17. The predicted molar refractivity (Wildman–Crippen MR) is 96.7 cm³/mol. The van der Waals surface area contributed by atoms with E-state index < -0.39 is 0 Å². The quantitative estimate of drug-likeness (QED) is 0.491. The Hall–Kier alpha value is -2.35. The molecule has 0 saturated carbocycles. The first-order valence-corrected chi connectivity index (χ1v) is 8.55. The van der Waals surface area contributed by atoms with Gasteiger partial charge in [-0.15, -0.1) is 0 Å². The summed E-state index contributed by atoms with van der Waals surface area (Å²) in [5.41, 5.74) is 7.27. The van der Waals surface area contributed by atoms with Gasteiger partial charge in [0.25, 0.3) is 5.56 Å². The molecule has 1 aromatic carbocycles. The monoisotopic (exact) mass is 394 g/mol. The van der Waals surface area contributed by atoms with E-state index in [1.54, 1.807) is 31.2 Å². The number of halogens is 1. The number of amides is 1. The number of benzene rings is 1. The molecule has 1 amide bonds. The number of nitrogens with one attached hydrogen (secondary N) is 2. The van der Waals surface area contributed by atoms with Gasteiger partial charge in [0, 0.05) is 16.9 Å². The van der Waals surface area contributed by atoms with Gasteiger partial charge >= 0.3 is 0 Å². The lowest BCUT2D eigenvalue weighted by Gasteiger charge is -2.08. The number of anilines is 2. The Bertz CT molecular complexity index is 759. The fraction of sp³-hybridized carbons (Fsp3) is 0.312. The van der Waals surface area contributed by atoms with Crippen LogP contribution in [0.25, 0.3) is 0 Å². The van der Waals surface area contributed by atoms with Gasteiger partial charge in [-0.2, -0.15) is 0 Å². The molecule has 1 heterocycles. The normalized spacial score (nSPS) is 10.4. The van der Waals surface area contributed by atoms with E-state index in [-0.39, 0.29) is 22.7 Å².